The van der Waals surface area contributed by atoms with Crippen LogP contribution in [0.2, 0.25) is 5.02 Å². The first kappa shape index (κ1) is 20.5. The highest BCUT2D eigenvalue weighted by molar-refractivity contribution is 6.31. The van der Waals surface area contributed by atoms with Crippen LogP contribution in [0.4, 0.5) is 11.6 Å². The van der Waals surface area contributed by atoms with E-state index in [1.807, 2.05) is 24.3 Å². The van der Waals surface area contributed by atoms with Crippen molar-refractivity contribution in [2.75, 3.05) is 43.0 Å². The molecule has 1 aliphatic carbocycles. The fraction of sp³-hybridized carbons (Fsp3) is 0.478. The molecular formula is C23H28ClN5O2. The first-order valence-electron chi connectivity index (χ1n) is 10.9. The number of nitrogens with zero attached hydrogens (tertiary/aromatic N) is 2. The Hall–Kier alpha value is -2.35. The highest BCUT2D eigenvalue weighted by Crippen LogP contribution is 2.33. The molecule has 164 valence electrons. The Balaban J connectivity index is 1.11. The van der Waals surface area contributed by atoms with Gasteiger partial charge in [-0.2, -0.15) is 0 Å². The third-order valence-electron chi connectivity index (χ3n) is 6.62. The molecule has 1 fully saturated rings. The van der Waals surface area contributed by atoms with Gasteiger partial charge in [0.25, 0.3) is 5.91 Å². The fourth-order valence-electron chi connectivity index (χ4n) is 4.91. The largest absolute Gasteiger partial charge is 0.480 e. The SMILES string of the molecule is NC1(CCNCC2Cc3cccc(Cl)c3C2)CCN(c2ccc3c(n2)NC(=O)CO3)C1. The Kier molecular flexibility index (Phi) is 5.50. The predicted octanol–water partition coefficient (Wildman–Crippen LogP) is 2.37. The molecular weight excluding hydrogens is 414 g/mol. The van der Waals surface area contributed by atoms with E-state index in [1.165, 1.54) is 11.1 Å². The first-order chi connectivity index (χ1) is 15.0. The molecule has 0 saturated carbocycles. The maximum absolute atomic E-state index is 11.6. The van der Waals surface area contributed by atoms with Crippen LogP contribution in [0, 0.1) is 5.92 Å². The second-order valence-corrected chi connectivity index (χ2v) is 9.40. The van der Waals surface area contributed by atoms with Crippen molar-refractivity contribution in [1.29, 1.82) is 0 Å². The summed E-state index contributed by atoms with van der Waals surface area (Å²) in [5.41, 5.74) is 9.17. The van der Waals surface area contributed by atoms with Crippen molar-refractivity contribution in [1.82, 2.24) is 10.3 Å². The van der Waals surface area contributed by atoms with Gasteiger partial charge in [0.15, 0.2) is 18.2 Å². The molecule has 3 aliphatic rings. The fourth-order valence-corrected chi connectivity index (χ4v) is 5.18. The molecule has 2 aliphatic heterocycles. The number of fused-ring (bicyclic) bond motifs is 2. The Labute approximate surface area is 187 Å². The van der Waals surface area contributed by atoms with Crippen molar-refractivity contribution in [3.63, 3.8) is 0 Å². The maximum Gasteiger partial charge on any atom is 0.263 e. The number of ether oxygens (including phenoxy) is 1. The number of nitrogens with one attached hydrogen (secondary N) is 2. The number of aromatic nitrogens is 1. The molecule has 0 bridgehead atoms. The van der Waals surface area contributed by atoms with Crippen LogP contribution in [0.3, 0.4) is 0 Å². The summed E-state index contributed by atoms with van der Waals surface area (Å²) in [6.45, 7) is 3.52. The highest BCUT2D eigenvalue weighted by Gasteiger charge is 2.35. The van der Waals surface area contributed by atoms with Gasteiger partial charge < -0.3 is 26.0 Å². The molecule has 2 aromatic rings. The van der Waals surface area contributed by atoms with Crippen LogP contribution >= 0.6 is 11.6 Å². The number of hydrogen-bond donors (Lipinski definition) is 3. The average molecular weight is 442 g/mol. The van der Waals surface area contributed by atoms with Crippen LogP contribution in [-0.2, 0) is 17.6 Å². The maximum atomic E-state index is 11.6. The van der Waals surface area contributed by atoms with Gasteiger partial charge in [-0.05, 0) is 74.0 Å². The number of hydrogen-bond acceptors (Lipinski definition) is 6. The molecule has 2 unspecified atom stereocenters. The number of pyridine rings is 1. The summed E-state index contributed by atoms with van der Waals surface area (Å²) in [5.74, 6) is 2.35. The number of carbonyl (C=O) groups is 1. The van der Waals surface area contributed by atoms with Gasteiger partial charge in [-0.15, -0.1) is 0 Å². The molecule has 3 heterocycles. The molecule has 0 radical (unpaired) electrons. The summed E-state index contributed by atoms with van der Waals surface area (Å²) >= 11 is 6.34. The van der Waals surface area contributed by atoms with Gasteiger partial charge in [0, 0.05) is 23.7 Å². The Morgan fingerprint density at radius 3 is 3.10 bits per heavy atom. The molecule has 1 amide bonds. The summed E-state index contributed by atoms with van der Waals surface area (Å²) in [7, 11) is 0. The summed E-state index contributed by atoms with van der Waals surface area (Å²) in [5, 5.41) is 7.28. The summed E-state index contributed by atoms with van der Waals surface area (Å²) in [6.07, 6.45) is 3.97. The molecule has 1 aromatic carbocycles. The predicted molar refractivity (Wildman–Crippen MR) is 122 cm³/mol. The Morgan fingerprint density at radius 1 is 1.32 bits per heavy atom. The molecule has 1 aromatic heterocycles. The molecule has 7 nitrogen and oxygen atoms in total. The van der Waals surface area contributed by atoms with Crippen molar-refractivity contribution in [2.24, 2.45) is 11.7 Å². The third kappa shape index (κ3) is 4.35. The molecule has 1 saturated heterocycles. The van der Waals surface area contributed by atoms with Gasteiger partial charge in [-0.25, -0.2) is 4.98 Å². The number of nitrogens with two attached hydrogens (primary N) is 1. The van der Waals surface area contributed by atoms with Crippen LogP contribution in [0.15, 0.2) is 30.3 Å². The van der Waals surface area contributed by atoms with E-state index >= 15 is 0 Å². The molecule has 31 heavy (non-hydrogen) atoms. The molecule has 2 atom stereocenters. The van der Waals surface area contributed by atoms with Crippen LogP contribution in [0.25, 0.3) is 0 Å². The first-order valence-corrected chi connectivity index (χ1v) is 11.3. The van der Waals surface area contributed by atoms with E-state index in [1.54, 1.807) is 0 Å². The normalized spacial score (nSPS) is 24.5. The Morgan fingerprint density at radius 2 is 2.23 bits per heavy atom. The van der Waals surface area contributed by atoms with E-state index in [4.69, 9.17) is 22.1 Å². The van der Waals surface area contributed by atoms with Crippen LogP contribution in [0.5, 0.6) is 5.75 Å². The van der Waals surface area contributed by atoms with Crippen molar-refractivity contribution < 1.29 is 9.53 Å². The molecule has 0 spiro atoms. The van der Waals surface area contributed by atoms with E-state index in [-0.39, 0.29) is 18.1 Å². The number of anilines is 2. The zero-order chi connectivity index (χ0) is 21.4. The minimum Gasteiger partial charge on any atom is -0.480 e. The van der Waals surface area contributed by atoms with Gasteiger partial charge in [-0.1, -0.05) is 23.7 Å². The highest BCUT2D eigenvalue weighted by atomic mass is 35.5. The van der Waals surface area contributed by atoms with Gasteiger partial charge in [0.2, 0.25) is 0 Å². The van der Waals surface area contributed by atoms with Crippen LogP contribution in [0.1, 0.15) is 24.0 Å². The topological polar surface area (TPSA) is 92.5 Å². The van der Waals surface area contributed by atoms with E-state index in [0.29, 0.717) is 17.5 Å². The van der Waals surface area contributed by atoms with E-state index in [0.717, 1.165) is 62.7 Å². The minimum absolute atomic E-state index is 0.0383. The quantitative estimate of drug-likeness (QED) is 0.596. The second-order valence-electron chi connectivity index (χ2n) is 8.99. The number of amides is 1. The monoisotopic (exact) mass is 441 g/mol. The van der Waals surface area contributed by atoms with Gasteiger partial charge >= 0.3 is 0 Å². The van der Waals surface area contributed by atoms with Gasteiger partial charge in [-0.3, -0.25) is 4.79 Å². The molecule has 4 N–H and O–H groups in total. The minimum atomic E-state index is -0.244. The number of halogens is 1. The lowest BCUT2D eigenvalue weighted by molar-refractivity contribution is -0.118. The summed E-state index contributed by atoms with van der Waals surface area (Å²) in [4.78, 5) is 18.3. The summed E-state index contributed by atoms with van der Waals surface area (Å²) < 4.78 is 5.40. The van der Waals surface area contributed by atoms with Gasteiger partial charge in [0.1, 0.15) is 5.82 Å². The van der Waals surface area contributed by atoms with Crippen LogP contribution in [-0.4, -0.2) is 49.2 Å². The third-order valence-corrected chi connectivity index (χ3v) is 6.97. The smallest absolute Gasteiger partial charge is 0.263 e. The van der Waals surface area contributed by atoms with Crippen molar-refractivity contribution in [3.8, 4) is 5.75 Å². The number of benzene rings is 1. The number of rotatable bonds is 6. The van der Waals surface area contributed by atoms with Crippen molar-refractivity contribution in [3.05, 3.63) is 46.5 Å². The second kappa shape index (κ2) is 8.30. The average Bonchev–Trinajstić information content (AvgIpc) is 3.35. The Bertz CT molecular complexity index is 1000. The lowest BCUT2D eigenvalue weighted by atomic mass is 9.95. The number of carbonyl (C=O) groups excluding carboxylic acids is 1. The lowest BCUT2D eigenvalue weighted by Gasteiger charge is -2.26. The zero-order valence-corrected chi connectivity index (χ0v) is 18.3. The molecule has 5 rings (SSSR count). The van der Waals surface area contributed by atoms with E-state index in [2.05, 4.69) is 26.6 Å². The van der Waals surface area contributed by atoms with E-state index < -0.39 is 0 Å². The van der Waals surface area contributed by atoms with Gasteiger partial charge in [0.05, 0.1) is 0 Å². The molecule has 8 heteroatoms. The lowest BCUT2D eigenvalue weighted by Crippen LogP contribution is -2.45. The standard InChI is InChI=1S/C23H28ClN5O2/c24-18-3-1-2-16-10-15(11-17(16)18)12-26-8-6-23(25)7-9-29(14-23)20-5-4-19-22(27-20)28-21(30)13-31-19/h1-5,15,26H,6-14,25H2,(H,27,28,30). The zero-order valence-electron chi connectivity index (χ0n) is 17.5. The summed E-state index contributed by atoms with van der Waals surface area (Å²) in [6, 6.07) is 10.0. The van der Waals surface area contributed by atoms with E-state index in [9.17, 15) is 4.79 Å². The van der Waals surface area contributed by atoms with Crippen molar-refractivity contribution in [2.45, 2.75) is 31.2 Å². The van der Waals surface area contributed by atoms with Crippen molar-refractivity contribution >= 4 is 29.1 Å². The van der Waals surface area contributed by atoms with Crippen LogP contribution < -0.4 is 26.0 Å².